The van der Waals surface area contributed by atoms with Gasteiger partial charge in [-0.05, 0) is 124 Å². The fraction of sp³-hybridized carbons (Fsp3) is 0.367. The van der Waals surface area contributed by atoms with Crippen LogP contribution in [0, 0.1) is 0 Å². The number of rotatable bonds is 22. The first-order valence-electron chi connectivity index (χ1n) is 20.7. The molecule has 2 N–H and O–H groups in total. The van der Waals surface area contributed by atoms with Crippen LogP contribution in [0.4, 0.5) is 11.4 Å². The molecule has 292 valence electrons. The molecule has 4 nitrogen and oxygen atoms in total. The molecule has 5 rings (SSSR count). The lowest BCUT2D eigenvalue weighted by Crippen LogP contribution is -2.33. The third-order valence-electron chi connectivity index (χ3n) is 9.78. The van der Waals surface area contributed by atoms with Crippen molar-refractivity contribution in [3.8, 4) is 11.5 Å². The summed E-state index contributed by atoms with van der Waals surface area (Å²) in [6.45, 7) is 7.53. The average Bonchev–Trinajstić information content (AvgIpc) is 3.23. The highest BCUT2D eigenvalue weighted by Gasteiger charge is 2.44. The zero-order valence-corrected chi connectivity index (χ0v) is 35.3. The number of hydrogen-bond acceptors (Lipinski definition) is 3. The van der Waals surface area contributed by atoms with E-state index in [-0.39, 0.29) is 0 Å². The maximum absolute atomic E-state index is 5.40. The summed E-state index contributed by atoms with van der Waals surface area (Å²) < 4.78 is 10.8. The summed E-state index contributed by atoms with van der Waals surface area (Å²) in [7, 11) is -1.63. The van der Waals surface area contributed by atoms with Gasteiger partial charge in [-0.15, -0.1) is 0 Å². The normalized spacial score (nSPS) is 10.9. The number of hydrogen-bond donors (Lipinski definition) is 2. The molecule has 0 unspecified atom stereocenters. The summed E-state index contributed by atoms with van der Waals surface area (Å²) in [5.74, 6) is 1.69. The molecule has 0 bridgehead atoms. The second kappa shape index (κ2) is 25.8. The molecule has 0 aliphatic rings. The molecule has 0 spiro atoms. The van der Waals surface area contributed by atoms with E-state index < -0.39 is 7.26 Å². The summed E-state index contributed by atoms with van der Waals surface area (Å²) in [6, 6.07) is 49.3. The third kappa shape index (κ3) is 15.1. The zero-order valence-electron chi connectivity index (χ0n) is 33.6. The molecule has 0 heterocycles. The van der Waals surface area contributed by atoms with Gasteiger partial charge in [0.1, 0.15) is 34.7 Å². The van der Waals surface area contributed by atoms with Gasteiger partial charge in [-0.25, -0.2) is 0 Å². The predicted molar refractivity (Wildman–Crippen MR) is 246 cm³/mol. The Balaban J connectivity index is 0.000000265. The van der Waals surface area contributed by atoms with Crippen molar-refractivity contribution in [1.29, 1.82) is 0 Å². The molecule has 5 aromatic carbocycles. The topological polar surface area (TPSA) is 42.5 Å². The van der Waals surface area contributed by atoms with Crippen molar-refractivity contribution >= 4 is 51.9 Å². The molecule has 0 radical (unpaired) electrons. The summed E-state index contributed by atoms with van der Waals surface area (Å²) in [4.78, 5) is 0. The number of ether oxygens (including phenoxy) is 2. The molecule has 0 atom stereocenters. The van der Waals surface area contributed by atoms with E-state index in [9.17, 15) is 0 Å². The molecule has 55 heavy (non-hydrogen) atoms. The van der Waals surface area contributed by atoms with Crippen molar-refractivity contribution in [2.24, 2.45) is 0 Å². The number of nitrogens with one attached hydrogen (secondary N) is 2. The predicted octanol–water partition coefficient (Wildman–Crippen LogP) is 13.0. The summed E-state index contributed by atoms with van der Waals surface area (Å²) in [5.41, 5.74) is 1.82. The van der Waals surface area contributed by atoms with Gasteiger partial charge in [0.25, 0.3) is 0 Å². The Morgan fingerprint density at radius 3 is 1.09 bits per heavy atom. The van der Waals surface area contributed by atoms with E-state index in [1.54, 1.807) is 0 Å². The van der Waals surface area contributed by atoms with E-state index in [0.717, 1.165) is 22.9 Å². The van der Waals surface area contributed by atoms with Gasteiger partial charge in [-0.2, -0.15) is 0 Å². The molecule has 0 saturated heterocycles. The van der Waals surface area contributed by atoms with Crippen LogP contribution >= 0.6 is 19.5 Å². The van der Waals surface area contributed by atoms with Crippen LogP contribution in [0.1, 0.15) is 97.8 Å². The van der Waals surface area contributed by atoms with Gasteiger partial charge in [0.2, 0.25) is 0 Å². The van der Waals surface area contributed by atoms with Crippen LogP contribution in [0.15, 0.2) is 140 Å². The minimum Gasteiger partial charge on any atom is -0.494 e. The second-order valence-electron chi connectivity index (χ2n) is 13.9. The van der Waals surface area contributed by atoms with Crippen LogP contribution in [0.3, 0.4) is 0 Å². The smallest absolute Gasteiger partial charge is 0.175 e. The van der Waals surface area contributed by atoms with Crippen LogP contribution in [-0.2, 0) is 0 Å². The second-order valence-corrected chi connectivity index (χ2v) is 17.9. The quantitative estimate of drug-likeness (QED) is 0.0416. The number of unbranched alkanes of at least 4 members (excludes halogenated alkanes) is 11. The Hall–Kier alpha value is -4.18. The molecule has 0 aliphatic heterocycles. The highest BCUT2D eigenvalue weighted by molar-refractivity contribution is 7.95. The summed E-state index contributed by atoms with van der Waals surface area (Å²) in [6.07, 6.45) is 18.1. The third-order valence-corrected chi connectivity index (χ3v) is 14.5. The first kappa shape index (κ1) is 43.5. The Kier molecular flexibility index (Phi) is 20.4. The van der Waals surface area contributed by atoms with Crippen molar-refractivity contribution in [2.45, 2.75) is 97.8 Å². The van der Waals surface area contributed by atoms with Crippen LogP contribution in [0.2, 0.25) is 0 Å². The summed E-state index contributed by atoms with van der Waals surface area (Å²) in [5, 5.41) is 11.4. The van der Waals surface area contributed by atoms with E-state index in [1.807, 2.05) is 62.4 Å². The molecular weight excluding hydrogens is 712 g/mol. The molecule has 0 aliphatic carbocycles. The fourth-order valence-electron chi connectivity index (χ4n) is 6.97. The molecule has 0 saturated carbocycles. The van der Waals surface area contributed by atoms with Crippen molar-refractivity contribution < 1.29 is 9.47 Å². The zero-order chi connectivity index (χ0) is 38.8. The van der Waals surface area contributed by atoms with E-state index in [4.69, 9.17) is 21.7 Å². The van der Waals surface area contributed by atoms with Gasteiger partial charge < -0.3 is 20.1 Å². The van der Waals surface area contributed by atoms with Crippen LogP contribution in [0.25, 0.3) is 0 Å². The van der Waals surface area contributed by atoms with E-state index in [1.165, 1.54) is 99.1 Å². The van der Waals surface area contributed by atoms with Crippen LogP contribution in [0.5, 0.6) is 11.5 Å². The maximum atomic E-state index is 5.40. The fourth-order valence-corrected chi connectivity index (χ4v) is 11.6. The van der Waals surface area contributed by atoms with Gasteiger partial charge in [0.15, 0.2) is 5.11 Å². The van der Waals surface area contributed by atoms with E-state index in [0.29, 0.717) is 18.3 Å². The highest BCUT2D eigenvalue weighted by atomic mass is 32.1. The van der Waals surface area contributed by atoms with Gasteiger partial charge in [-0.3, -0.25) is 0 Å². The highest BCUT2D eigenvalue weighted by Crippen LogP contribution is 2.56. The Morgan fingerprint density at radius 1 is 0.436 bits per heavy atom. The lowest BCUT2D eigenvalue weighted by molar-refractivity contribution is 0.340. The Bertz CT molecular complexity index is 1570. The van der Waals surface area contributed by atoms with Gasteiger partial charge in [0.05, 0.1) is 19.4 Å². The number of anilines is 2. The lowest BCUT2D eigenvalue weighted by atomic mass is 10.1. The Morgan fingerprint density at radius 2 is 0.764 bits per heavy atom. The minimum atomic E-state index is -1.63. The van der Waals surface area contributed by atoms with E-state index in [2.05, 4.69) is 109 Å². The van der Waals surface area contributed by atoms with E-state index >= 15 is 0 Å². The van der Waals surface area contributed by atoms with Crippen molar-refractivity contribution in [2.75, 3.05) is 30.0 Å². The van der Waals surface area contributed by atoms with Gasteiger partial charge in [-0.1, -0.05) is 126 Å². The van der Waals surface area contributed by atoms with Gasteiger partial charge >= 0.3 is 0 Å². The van der Waals surface area contributed by atoms with Crippen molar-refractivity contribution in [3.63, 3.8) is 0 Å². The molecular formula is C49H64N2O2PS+. The molecule has 0 fully saturated rings. The molecule has 0 aromatic heterocycles. The van der Waals surface area contributed by atoms with Crippen molar-refractivity contribution in [1.82, 2.24) is 0 Å². The number of thiocarbonyl (C=S) groups is 1. The SMILES string of the molecule is CCCCCCCCCCCCCC[P+](c1ccccc1)(c1ccccc1)c1ccccc1.CCOc1ccc(NC(=S)Nc2ccc(OCC)cc2)cc1. The van der Waals surface area contributed by atoms with Crippen LogP contribution < -0.4 is 36.0 Å². The molecule has 5 aromatic rings. The molecule has 0 amide bonds. The number of benzene rings is 5. The standard InChI is InChI=1S/C32H44P.C17H20N2O2S/c1-2-3-4-5-6-7-8-9-10-11-12-22-29-33(30-23-16-13-17-24-30,31-25-18-14-19-26-31)32-27-20-15-21-28-32;1-3-20-15-9-5-13(6-10-15)18-17(22)19-14-7-11-16(12-8-14)21-4-2/h13-21,23-28H,2-12,22,29H2,1H3;5-12H,3-4H2,1-2H3,(H2,18,19,22)/q+1;. The minimum absolute atomic E-state index is 0.535. The Labute approximate surface area is 338 Å². The molecule has 6 heteroatoms. The summed E-state index contributed by atoms with van der Waals surface area (Å²) >= 11 is 5.30. The van der Waals surface area contributed by atoms with Crippen LogP contribution in [-0.4, -0.2) is 24.5 Å². The maximum Gasteiger partial charge on any atom is 0.175 e. The average molecular weight is 776 g/mol. The van der Waals surface area contributed by atoms with Crippen molar-refractivity contribution in [3.05, 3.63) is 140 Å². The largest absolute Gasteiger partial charge is 0.494 e. The first-order chi connectivity index (χ1) is 27.1. The first-order valence-corrected chi connectivity index (χ1v) is 23.1. The van der Waals surface area contributed by atoms with Gasteiger partial charge in [0, 0.05) is 11.4 Å². The lowest BCUT2D eigenvalue weighted by Gasteiger charge is -2.27. The monoisotopic (exact) mass is 775 g/mol.